The van der Waals surface area contributed by atoms with E-state index in [4.69, 9.17) is 4.74 Å². The van der Waals surface area contributed by atoms with Gasteiger partial charge in [-0.15, -0.1) is 0 Å². The monoisotopic (exact) mass is 535 g/mol. The quantitative estimate of drug-likeness (QED) is 0.211. The summed E-state index contributed by atoms with van der Waals surface area (Å²) >= 11 is 0. The zero-order chi connectivity index (χ0) is 28.4. The third kappa shape index (κ3) is 5.31. The Kier molecular flexibility index (Phi) is 7.37. The lowest BCUT2D eigenvalue weighted by atomic mass is 9.82. The molecule has 0 bridgehead atoms. The van der Waals surface area contributed by atoms with Crippen LogP contribution in [-0.4, -0.2) is 28.5 Å². The maximum atomic E-state index is 14.1. The fourth-order valence-electron chi connectivity index (χ4n) is 4.97. The van der Waals surface area contributed by atoms with Crippen LogP contribution in [-0.2, 0) is 0 Å². The predicted molar refractivity (Wildman–Crippen MR) is 155 cm³/mol. The molecule has 0 spiro atoms. The van der Waals surface area contributed by atoms with Gasteiger partial charge in [0.05, 0.1) is 6.04 Å². The molecule has 0 aliphatic carbocycles. The van der Waals surface area contributed by atoms with Crippen LogP contribution >= 0.6 is 0 Å². The van der Waals surface area contributed by atoms with Gasteiger partial charge in [-0.25, -0.2) is 4.39 Å². The number of fused-ring (bicyclic) bond motifs is 1. The normalized spacial score (nSPS) is 17.6. The second-order valence-electron chi connectivity index (χ2n) is 10.4. The molecule has 0 saturated heterocycles. The molecular weight excluding hydrogens is 505 g/mol. The van der Waals surface area contributed by atoms with E-state index in [9.17, 15) is 19.1 Å². The van der Waals surface area contributed by atoms with Gasteiger partial charge in [0.1, 0.15) is 23.3 Å². The molecule has 1 aliphatic rings. The smallest absolute Gasteiger partial charge is 0.258 e. The summed E-state index contributed by atoms with van der Waals surface area (Å²) in [7, 11) is 0. The third-order valence-corrected chi connectivity index (χ3v) is 7.13. The zero-order valence-electron chi connectivity index (χ0n) is 22.5. The van der Waals surface area contributed by atoms with Crippen molar-refractivity contribution in [2.75, 3.05) is 4.90 Å². The van der Waals surface area contributed by atoms with E-state index in [-0.39, 0.29) is 11.7 Å². The number of nitrogens with zero attached hydrogens (tertiary/aromatic N) is 1. The Balaban J connectivity index is 1.75. The summed E-state index contributed by atoms with van der Waals surface area (Å²) in [6.45, 7) is 4.98. The molecule has 0 fully saturated rings. The first kappa shape index (κ1) is 27.0. The van der Waals surface area contributed by atoms with Crippen LogP contribution in [0.5, 0.6) is 5.75 Å². The molecule has 5 nitrogen and oxygen atoms in total. The van der Waals surface area contributed by atoms with Crippen LogP contribution in [0.25, 0.3) is 12.2 Å². The number of ether oxygens (including phenoxy) is 1. The molecule has 1 aliphatic heterocycles. The first-order valence-corrected chi connectivity index (χ1v) is 13.1. The number of carbonyl (C=O) groups excluding carboxylic acids is 2. The molecule has 40 heavy (non-hydrogen) atoms. The number of anilines is 1. The highest BCUT2D eigenvalue weighted by molar-refractivity contribution is 6.07. The highest BCUT2D eigenvalue weighted by Crippen LogP contribution is 2.47. The number of rotatable bonds is 6. The molecule has 2 atom stereocenters. The minimum absolute atomic E-state index is 0.169. The lowest BCUT2D eigenvalue weighted by Gasteiger charge is -2.47. The number of Topliss-reactive ketones (excluding diaryl/α,β-unsaturated/α-hetero) is 1. The molecule has 202 valence electrons. The predicted octanol–water partition coefficient (Wildman–Crippen LogP) is 7.12. The number of benzene rings is 4. The maximum Gasteiger partial charge on any atom is 0.258 e. The second kappa shape index (κ2) is 10.9. The molecule has 6 heteroatoms. The summed E-state index contributed by atoms with van der Waals surface area (Å²) in [5.74, 6) is -0.533. The SMILES string of the molecule is CC(=O)c1cc(C=Cc2ccccc2)c2c(c1)C(N(C(=O)c1ccccc1)c1ccc(F)cc1)C(O)C(C)(C)O2. The molecule has 4 aromatic rings. The number of hydrogen-bond donors (Lipinski definition) is 1. The van der Waals surface area contributed by atoms with Crippen molar-refractivity contribution in [1.29, 1.82) is 0 Å². The van der Waals surface area contributed by atoms with Crippen molar-refractivity contribution in [2.24, 2.45) is 0 Å². The Morgan fingerprint density at radius 1 is 0.875 bits per heavy atom. The van der Waals surface area contributed by atoms with Crippen LogP contribution in [0.15, 0.2) is 97.1 Å². The molecular formula is C34H30FNO4. The van der Waals surface area contributed by atoms with Crippen LogP contribution in [0.3, 0.4) is 0 Å². The summed E-state index contributed by atoms with van der Waals surface area (Å²) < 4.78 is 20.4. The number of ketones is 1. The maximum absolute atomic E-state index is 14.1. The van der Waals surface area contributed by atoms with Gasteiger partial charge in [0, 0.05) is 27.9 Å². The minimum Gasteiger partial charge on any atom is -0.484 e. The fraction of sp³-hybridized carbons (Fsp3) is 0.176. The van der Waals surface area contributed by atoms with Gasteiger partial charge in [0.25, 0.3) is 5.91 Å². The van der Waals surface area contributed by atoms with Gasteiger partial charge in [0.15, 0.2) is 5.78 Å². The molecule has 1 N–H and O–H groups in total. The molecule has 5 rings (SSSR count). The summed E-state index contributed by atoms with van der Waals surface area (Å²) in [5, 5.41) is 11.8. The van der Waals surface area contributed by atoms with E-state index in [1.165, 1.54) is 36.1 Å². The second-order valence-corrected chi connectivity index (χ2v) is 10.4. The molecule has 2 unspecified atom stereocenters. The van der Waals surface area contributed by atoms with Gasteiger partial charge in [-0.05, 0) is 74.9 Å². The molecule has 1 heterocycles. The number of amides is 1. The minimum atomic E-state index is -1.19. The summed E-state index contributed by atoms with van der Waals surface area (Å²) in [6, 6.07) is 26.5. The standard InChI is InChI=1S/C34H30FNO4/c1-22(37)26-20-25(15-14-23-10-6-4-7-11-23)31-29(21-26)30(32(38)34(2,3)40-31)36(28-18-16-27(35)17-19-28)33(39)24-12-8-5-9-13-24/h4-21,30,32,38H,1-3H3. The molecule has 1 amide bonds. The number of aliphatic hydroxyl groups excluding tert-OH is 1. The number of aliphatic hydroxyl groups is 1. The van der Waals surface area contributed by atoms with E-state index in [0.29, 0.717) is 33.7 Å². The van der Waals surface area contributed by atoms with Gasteiger partial charge < -0.3 is 9.84 Å². The van der Waals surface area contributed by atoms with Crippen molar-refractivity contribution < 1.29 is 23.8 Å². The van der Waals surface area contributed by atoms with Crippen LogP contribution < -0.4 is 9.64 Å². The van der Waals surface area contributed by atoms with Crippen molar-refractivity contribution in [3.63, 3.8) is 0 Å². The lowest BCUT2D eigenvalue weighted by molar-refractivity contribution is -0.0578. The molecule has 0 radical (unpaired) electrons. The van der Waals surface area contributed by atoms with E-state index in [2.05, 4.69) is 0 Å². The Labute approximate surface area is 233 Å². The van der Waals surface area contributed by atoms with Crippen LogP contribution in [0.2, 0.25) is 0 Å². The van der Waals surface area contributed by atoms with Gasteiger partial charge in [-0.2, -0.15) is 0 Å². The molecule has 0 saturated carbocycles. The van der Waals surface area contributed by atoms with Gasteiger partial charge >= 0.3 is 0 Å². The van der Waals surface area contributed by atoms with E-state index < -0.39 is 23.6 Å². The van der Waals surface area contributed by atoms with Crippen molar-refractivity contribution in [1.82, 2.24) is 0 Å². The summed E-state index contributed by atoms with van der Waals surface area (Å²) in [6.07, 6.45) is 2.60. The number of halogens is 1. The first-order valence-electron chi connectivity index (χ1n) is 13.1. The van der Waals surface area contributed by atoms with E-state index >= 15 is 0 Å². The van der Waals surface area contributed by atoms with Gasteiger partial charge in [-0.1, -0.05) is 60.7 Å². The average Bonchev–Trinajstić information content (AvgIpc) is 2.95. The molecule has 0 aromatic heterocycles. The fourth-order valence-corrected chi connectivity index (χ4v) is 4.97. The highest BCUT2D eigenvalue weighted by Gasteiger charge is 2.48. The Bertz CT molecular complexity index is 1560. The highest BCUT2D eigenvalue weighted by atomic mass is 19.1. The lowest BCUT2D eigenvalue weighted by Crippen LogP contribution is -2.55. The number of hydrogen-bond acceptors (Lipinski definition) is 4. The largest absolute Gasteiger partial charge is 0.484 e. The van der Waals surface area contributed by atoms with E-state index in [1.54, 1.807) is 50.2 Å². The van der Waals surface area contributed by atoms with Gasteiger partial charge in [-0.3, -0.25) is 14.5 Å². The summed E-state index contributed by atoms with van der Waals surface area (Å²) in [4.78, 5) is 28.2. The van der Waals surface area contributed by atoms with E-state index in [1.807, 2.05) is 48.6 Å². The van der Waals surface area contributed by atoms with Crippen LogP contribution in [0.4, 0.5) is 10.1 Å². The molecule has 4 aromatic carbocycles. The Hall–Kier alpha value is -4.55. The Morgan fingerprint density at radius 3 is 2.12 bits per heavy atom. The topological polar surface area (TPSA) is 66.8 Å². The van der Waals surface area contributed by atoms with Crippen LogP contribution in [0.1, 0.15) is 64.2 Å². The van der Waals surface area contributed by atoms with Crippen LogP contribution in [0, 0.1) is 5.82 Å². The third-order valence-electron chi connectivity index (χ3n) is 7.13. The zero-order valence-corrected chi connectivity index (χ0v) is 22.5. The van der Waals surface area contributed by atoms with Gasteiger partial charge in [0.2, 0.25) is 0 Å². The van der Waals surface area contributed by atoms with Crippen molar-refractivity contribution in [2.45, 2.75) is 38.5 Å². The van der Waals surface area contributed by atoms with Crippen molar-refractivity contribution in [3.05, 3.63) is 131 Å². The van der Waals surface area contributed by atoms with E-state index in [0.717, 1.165) is 5.56 Å². The Morgan fingerprint density at radius 2 is 1.50 bits per heavy atom. The first-order chi connectivity index (χ1) is 19.2. The summed E-state index contributed by atoms with van der Waals surface area (Å²) in [5.41, 5.74) is 2.19. The number of carbonyl (C=O) groups is 2. The average molecular weight is 536 g/mol. The van der Waals surface area contributed by atoms with Crippen molar-refractivity contribution >= 4 is 29.5 Å². The van der Waals surface area contributed by atoms with Crippen molar-refractivity contribution in [3.8, 4) is 5.75 Å².